The van der Waals surface area contributed by atoms with Gasteiger partial charge in [0.25, 0.3) is 0 Å². The first-order valence-electron chi connectivity index (χ1n) is 16.0. The van der Waals surface area contributed by atoms with Gasteiger partial charge in [0.15, 0.2) is 0 Å². The van der Waals surface area contributed by atoms with Crippen LogP contribution in [0, 0.1) is 13.8 Å². The molecule has 0 spiro atoms. The number of carboxylic acid groups (broad SMARTS) is 1. The summed E-state index contributed by atoms with van der Waals surface area (Å²) in [5, 5.41) is 29.2. The maximum atomic E-state index is 11.8. The third-order valence-electron chi connectivity index (χ3n) is 8.08. The van der Waals surface area contributed by atoms with Crippen LogP contribution in [0.3, 0.4) is 0 Å². The minimum absolute atomic E-state index is 0. The number of aryl methyl sites for hydroxylation is 2. The van der Waals surface area contributed by atoms with E-state index in [4.69, 9.17) is 40.1 Å². The third kappa shape index (κ3) is 10.4. The van der Waals surface area contributed by atoms with Crippen molar-refractivity contribution in [1.82, 2.24) is 9.97 Å². The number of nitrogens with zero attached hydrogens (tertiary/aromatic N) is 2. The SMILES string of the molecule is CCOC(=O)CC1OB(O)c2cc(Oc3ccc(CN)cn3)cc(C)c21.Cc1cc(Oc2ccc(CN)cn2)cc2c1C(CC(=O)O)OB2O.[Na+].[OH-]. The number of rotatable bonds is 11. The minimum Gasteiger partial charge on any atom is -0.870 e. The van der Waals surface area contributed by atoms with Gasteiger partial charge in [-0.1, -0.05) is 12.1 Å². The van der Waals surface area contributed by atoms with Gasteiger partial charge in [0.1, 0.15) is 11.5 Å². The maximum Gasteiger partial charge on any atom is 1.00 e. The van der Waals surface area contributed by atoms with Crippen LogP contribution in [-0.4, -0.2) is 63.4 Å². The van der Waals surface area contributed by atoms with Crippen LogP contribution in [-0.2, 0) is 36.7 Å². The third-order valence-corrected chi connectivity index (χ3v) is 8.08. The van der Waals surface area contributed by atoms with E-state index in [1.165, 1.54) is 0 Å². The predicted octanol–water partition coefficient (Wildman–Crippen LogP) is -0.945. The van der Waals surface area contributed by atoms with Crippen molar-refractivity contribution < 1.29 is 83.3 Å². The molecule has 6 rings (SSSR count). The number of esters is 1. The molecular formula is C34H39B2N4NaO11. The number of fused-ring (bicyclic) bond motifs is 2. The standard InChI is InChI=1S/C18H21BN2O5.C16H17BN2O5.Na.H2O/c1-3-24-17(22)8-15-18-11(2)6-13(7-14(18)19(23)26-15)25-16-5-4-12(9-20)10-21-16;1-9-4-11(23-14-3-2-10(7-18)8-19-14)5-12-16(9)13(6-15(20)21)24-17(12)22;;/h4-7,10,15,23H,3,8-9,20H2,1-2H3;2-5,8,13,22H,6-7,18H2,1H3,(H,20,21);;1H2/q;;+1;/p-1. The van der Waals surface area contributed by atoms with Crippen molar-refractivity contribution in [3.8, 4) is 23.3 Å². The molecule has 8 N–H and O–H groups in total. The topological polar surface area (TPSA) is 249 Å². The molecule has 0 amide bonds. The number of aliphatic carboxylic acids is 1. The zero-order chi connectivity index (χ0) is 35.9. The molecule has 2 aliphatic heterocycles. The molecule has 0 radical (unpaired) electrons. The molecular weight excluding hydrogens is 685 g/mol. The average Bonchev–Trinajstić information content (AvgIpc) is 3.56. The Kier molecular flexibility index (Phi) is 15.8. The molecule has 0 aliphatic carbocycles. The maximum absolute atomic E-state index is 11.8. The fourth-order valence-corrected chi connectivity index (χ4v) is 5.84. The molecule has 0 bridgehead atoms. The Morgan fingerprint density at radius 2 is 1.23 bits per heavy atom. The molecule has 2 aromatic heterocycles. The molecule has 52 heavy (non-hydrogen) atoms. The predicted molar refractivity (Wildman–Crippen MR) is 185 cm³/mol. The Hall–Kier alpha value is -3.87. The number of carboxylic acids is 1. The number of nitrogens with two attached hydrogens (primary N) is 2. The van der Waals surface area contributed by atoms with Gasteiger partial charge >= 0.3 is 55.7 Å². The number of carbonyl (C=O) groups excluding carboxylic acids is 1. The Morgan fingerprint density at radius 1 is 0.788 bits per heavy atom. The van der Waals surface area contributed by atoms with Crippen LogP contribution in [0.2, 0.25) is 0 Å². The zero-order valence-corrected chi connectivity index (χ0v) is 31.3. The molecule has 268 valence electrons. The van der Waals surface area contributed by atoms with E-state index < -0.39 is 32.4 Å². The van der Waals surface area contributed by atoms with E-state index in [-0.39, 0.29) is 53.8 Å². The summed E-state index contributed by atoms with van der Waals surface area (Å²) in [7, 11) is -2.28. The number of aromatic nitrogens is 2. The van der Waals surface area contributed by atoms with Gasteiger partial charge in [-0.05, 0) is 89.3 Å². The fraction of sp³-hybridized carbons (Fsp3) is 0.294. The largest absolute Gasteiger partial charge is 1.00 e. The minimum atomic E-state index is -1.17. The quantitative estimate of drug-likeness (QED) is 0.0925. The molecule has 0 fully saturated rings. The Morgan fingerprint density at radius 3 is 1.60 bits per heavy atom. The average molecular weight is 724 g/mol. The van der Waals surface area contributed by atoms with Crippen LogP contribution in [0.4, 0.5) is 0 Å². The van der Waals surface area contributed by atoms with Crippen LogP contribution >= 0.6 is 0 Å². The Bertz CT molecular complexity index is 1840. The zero-order valence-electron chi connectivity index (χ0n) is 29.3. The molecule has 4 aromatic rings. The monoisotopic (exact) mass is 724 g/mol. The first-order chi connectivity index (χ1) is 24.0. The summed E-state index contributed by atoms with van der Waals surface area (Å²) in [4.78, 5) is 31.1. The molecule has 15 nitrogen and oxygen atoms in total. The van der Waals surface area contributed by atoms with Crippen LogP contribution in [0.1, 0.15) is 65.4 Å². The smallest absolute Gasteiger partial charge is 0.870 e. The summed E-state index contributed by atoms with van der Waals surface area (Å²) in [5.41, 5.74) is 17.2. The normalized spacial score (nSPS) is 15.3. The van der Waals surface area contributed by atoms with Crippen LogP contribution in [0.15, 0.2) is 60.9 Å². The van der Waals surface area contributed by atoms with E-state index in [1.54, 1.807) is 49.6 Å². The first-order valence-corrected chi connectivity index (χ1v) is 16.0. The van der Waals surface area contributed by atoms with E-state index >= 15 is 0 Å². The van der Waals surface area contributed by atoms with Gasteiger partial charge in [-0.15, -0.1) is 0 Å². The number of carbonyl (C=O) groups is 2. The van der Waals surface area contributed by atoms with Gasteiger partial charge in [-0.3, -0.25) is 9.59 Å². The van der Waals surface area contributed by atoms with Crippen LogP contribution < -0.4 is 61.4 Å². The summed E-state index contributed by atoms with van der Waals surface area (Å²) in [6, 6.07) is 14.1. The molecule has 2 aliphatic rings. The van der Waals surface area contributed by atoms with E-state index in [9.17, 15) is 19.6 Å². The van der Waals surface area contributed by atoms with Crippen molar-refractivity contribution in [2.24, 2.45) is 11.5 Å². The van der Waals surface area contributed by atoms with Gasteiger partial charge in [0.2, 0.25) is 11.8 Å². The van der Waals surface area contributed by atoms with Gasteiger partial charge in [-0.2, -0.15) is 0 Å². The van der Waals surface area contributed by atoms with Crippen molar-refractivity contribution in [2.45, 2.75) is 58.9 Å². The molecule has 0 saturated heterocycles. The van der Waals surface area contributed by atoms with E-state index in [0.29, 0.717) is 59.4 Å². The molecule has 0 saturated carbocycles. The fourth-order valence-electron chi connectivity index (χ4n) is 5.84. The van der Waals surface area contributed by atoms with Crippen molar-refractivity contribution >= 4 is 37.1 Å². The van der Waals surface area contributed by atoms with Crippen molar-refractivity contribution in [2.75, 3.05) is 6.61 Å². The first kappa shape index (κ1) is 42.5. The molecule has 2 unspecified atom stereocenters. The van der Waals surface area contributed by atoms with Gasteiger partial charge < -0.3 is 55.6 Å². The second-order valence-corrected chi connectivity index (χ2v) is 11.7. The van der Waals surface area contributed by atoms with E-state index in [2.05, 4.69) is 9.97 Å². The number of pyridine rings is 2. The number of hydrogen-bond donors (Lipinski definition) is 5. The summed E-state index contributed by atoms with van der Waals surface area (Å²) in [5.74, 6) is 0.525. The Balaban J connectivity index is 0.000000271. The molecule has 2 aromatic carbocycles. The molecule has 4 heterocycles. The molecule has 2 atom stereocenters. The number of hydrogen-bond acceptors (Lipinski definition) is 14. The number of benzene rings is 2. The van der Waals surface area contributed by atoms with Crippen LogP contribution in [0.5, 0.6) is 23.3 Å². The van der Waals surface area contributed by atoms with Gasteiger partial charge in [0, 0.05) is 37.6 Å². The van der Waals surface area contributed by atoms with Crippen molar-refractivity contribution in [3.05, 3.63) is 94.3 Å². The van der Waals surface area contributed by atoms with Crippen molar-refractivity contribution in [3.63, 3.8) is 0 Å². The van der Waals surface area contributed by atoms with E-state index in [1.807, 2.05) is 32.0 Å². The van der Waals surface area contributed by atoms with Gasteiger partial charge in [-0.25, -0.2) is 9.97 Å². The summed E-state index contributed by atoms with van der Waals surface area (Å²) in [6.07, 6.45) is 1.95. The molecule has 18 heteroatoms. The number of ether oxygens (including phenoxy) is 3. The van der Waals surface area contributed by atoms with Crippen LogP contribution in [0.25, 0.3) is 0 Å². The van der Waals surface area contributed by atoms with E-state index in [0.717, 1.165) is 27.8 Å². The summed E-state index contributed by atoms with van der Waals surface area (Å²) in [6.45, 7) is 6.58. The Labute approximate surface area is 323 Å². The summed E-state index contributed by atoms with van der Waals surface area (Å²) < 4.78 is 27.3. The second-order valence-electron chi connectivity index (χ2n) is 11.7. The summed E-state index contributed by atoms with van der Waals surface area (Å²) >= 11 is 0. The van der Waals surface area contributed by atoms with Gasteiger partial charge in [0.05, 0.1) is 31.7 Å². The second kappa shape index (κ2) is 19.3. The van der Waals surface area contributed by atoms with Crippen molar-refractivity contribution in [1.29, 1.82) is 0 Å².